The van der Waals surface area contributed by atoms with Crippen LogP contribution in [-0.2, 0) is 4.79 Å². The molecule has 1 aromatic rings. The molecular formula is C10H9BrFNO2. The Balaban J connectivity index is 3.14. The summed E-state index contributed by atoms with van der Waals surface area (Å²) in [5.74, 6) is -0.929. The van der Waals surface area contributed by atoms with Crippen LogP contribution in [0.15, 0.2) is 16.6 Å². The summed E-state index contributed by atoms with van der Waals surface area (Å²) in [6.45, 7) is 1.67. The number of carbonyl (C=O) groups is 2. The molecule has 1 rings (SSSR count). The molecule has 0 spiro atoms. The van der Waals surface area contributed by atoms with E-state index in [4.69, 9.17) is 0 Å². The second-order valence-corrected chi connectivity index (χ2v) is 3.78. The van der Waals surface area contributed by atoms with Gasteiger partial charge in [0.25, 0.3) is 0 Å². The van der Waals surface area contributed by atoms with Gasteiger partial charge in [0.1, 0.15) is 5.82 Å². The Kier molecular flexibility index (Phi) is 3.96. The van der Waals surface area contributed by atoms with Crippen molar-refractivity contribution in [2.45, 2.75) is 13.3 Å². The first-order chi connectivity index (χ1) is 7.08. The van der Waals surface area contributed by atoms with Gasteiger partial charge in [-0.05, 0) is 12.1 Å². The van der Waals surface area contributed by atoms with E-state index in [-0.39, 0.29) is 23.6 Å². The molecule has 1 aromatic carbocycles. The second kappa shape index (κ2) is 5.02. The lowest BCUT2D eigenvalue weighted by atomic mass is 10.2. The molecule has 3 nitrogen and oxygen atoms in total. The second-order valence-electron chi connectivity index (χ2n) is 2.87. The minimum absolute atomic E-state index is 0.139. The van der Waals surface area contributed by atoms with Crippen molar-refractivity contribution in [1.82, 2.24) is 0 Å². The van der Waals surface area contributed by atoms with Crippen molar-refractivity contribution >= 4 is 33.8 Å². The van der Waals surface area contributed by atoms with E-state index < -0.39 is 5.82 Å². The number of hydrogen-bond acceptors (Lipinski definition) is 2. The number of nitrogens with one attached hydrogen (secondary N) is 1. The predicted molar refractivity (Wildman–Crippen MR) is 58.4 cm³/mol. The molecule has 5 heteroatoms. The molecule has 80 valence electrons. The highest BCUT2D eigenvalue weighted by Crippen LogP contribution is 2.23. The first kappa shape index (κ1) is 11.8. The van der Waals surface area contributed by atoms with Crippen LogP contribution in [0.1, 0.15) is 23.7 Å². The third-order valence-corrected chi connectivity index (χ3v) is 2.27. The fourth-order valence-electron chi connectivity index (χ4n) is 1.05. The Bertz CT molecular complexity index is 407. The average molecular weight is 274 g/mol. The number of amides is 1. The number of carbonyl (C=O) groups excluding carboxylic acids is 2. The molecule has 0 saturated heterocycles. The highest BCUT2D eigenvalue weighted by atomic mass is 79.9. The minimum Gasteiger partial charge on any atom is -0.325 e. The topological polar surface area (TPSA) is 46.2 Å². The molecule has 0 unspecified atom stereocenters. The third-order valence-electron chi connectivity index (χ3n) is 1.81. The van der Waals surface area contributed by atoms with Crippen LogP contribution in [0.3, 0.4) is 0 Å². The van der Waals surface area contributed by atoms with Crippen molar-refractivity contribution in [3.63, 3.8) is 0 Å². The fraction of sp³-hybridized carbons (Fsp3) is 0.200. The normalized spacial score (nSPS) is 9.80. The Morgan fingerprint density at radius 2 is 2.27 bits per heavy atom. The van der Waals surface area contributed by atoms with Crippen molar-refractivity contribution in [2.24, 2.45) is 0 Å². The molecular weight excluding hydrogens is 265 g/mol. The summed E-state index contributed by atoms with van der Waals surface area (Å²) in [6.07, 6.45) is 0.652. The Hall–Kier alpha value is -1.23. The van der Waals surface area contributed by atoms with Crippen LogP contribution in [0.2, 0.25) is 0 Å². The van der Waals surface area contributed by atoms with E-state index in [9.17, 15) is 14.0 Å². The maximum Gasteiger partial charge on any atom is 0.224 e. The van der Waals surface area contributed by atoms with Crippen LogP contribution in [0.25, 0.3) is 0 Å². The zero-order valence-electron chi connectivity index (χ0n) is 8.01. The molecule has 1 N–H and O–H groups in total. The molecule has 0 aliphatic heterocycles. The summed E-state index contributed by atoms with van der Waals surface area (Å²) >= 11 is 3.08. The molecule has 0 heterocycles. The lowest BCUT2D eigenvalue weighted by Crippen LogP contribution is -2.12. The van der Waals surface area contributed by atoms with E-state index >= 15 is 0 Å². The maximum absolute atomic E-state index is 13.3. The van der Waals surface area contributed by atoms with Gasteiger partial charge in [-0.15, -0.1) is 0 Å². The largest absolute Gasteiger partial charge is 0.325 e. The Morgan fingerprint density at radius 1 is 1.60 bits per heavy atom. The minimum atomic E-state index is -0.661. The van der Waals surface area contributed by atoms with Crippen molar-refractivity contribution in [3.05, 3.63) is 28.0 Å². The zero-order valence-corrected chi connectivity index (χ0v) is 9.60. The Labute approximate surface area is 94.8 Å². The summed E-state index contributed by atoms with van der Waals surface area (Å²) in [4.78, 5) is 21.7. The van der Waals surface area contributed by atoms with Gasteiger partial charge in [0.15, 0.2) is 6.29 Å². The quantitative estimate of drug-likeness (QED) is 0.861. The average Bonchev–Trinajstić information content (AvgIpc) is 2.17. The molecule has 0 radical (unpaired) electrons. The van der Waals surface area contributed by atoms with E-state index in [1.54, 1.807) is 6.92 Å². The van der Waals surface area contributed by atoms with E-state index in [0.29, 0.717) is 10.8 Å². The van der Waals surface area contributed by atoms with Crippen molar-refractivity contribution in [1.29, 1.82) is 0 Å². The van der Waals surface area contributed by atoms with Crippen LogP contribution in [0.5, 0.6) is 0 Å². The van der Waals surface area contributed by atoms with Gasteiger partial charge in [-0.2, -0.15) is 0 Å². The summed E-state index contributed by atoms with van der Waals surface area (Å²) in [7, 11) is 0. The number of aldehydes is 1. The van der Waals surface area contributed by atoms with Gasteiger partial charge in [0.05, 0.1) is 11.3 Å². The summed E-state index contributed by atoms with van der Waals surface area (Å²) < 4.78 is 13.7. The van der Waals surface area contributed by atoms with E-state index in [1.165, 1.54) is 12.1 Å². The van der Waals surface area contributed by atoms with Crippen molar-refractivity contribution in [3.8, 4) is 0 Å². The van der Waals surface area contributed by atoms with E-state index in [0.717, 1.165) is 0 Å². The highest BCUT2D eigenvalue weighted by molar-refractivity contribution is 9.10. The molecule has 0 aliphatic carbocycles. The lowest BCUT2D eigenvalue weighted by molar-refractivity contribution is -0.115. The molecule has 0 aliphatic rings. The molecule has 1 amide bonds. The number of halogens is 2. The maximum atomic E-state index is 13.3. The van der Waals surface area contributed by atoms with Crippen LogP contribution in [0, 0.1) is 5.82 Å². The van der Waals surface area contributed by atoms with Crippen molar-refractivity contribution in [2.75, 3.05) is 5.32 Å². The molecule has 15 heavy (non-hydrogen) atoms. The zero-order chi connectivity index (χ0) is 11.4. The van der Waals surface area contributed by atoms with Gasteiger partial charge >= 0.3 is 0 Å². The Morgan fingerprint density at radius 3 is 2.80 bits per heavy atom. The monoisotopic (exact) mass is 273 g/mol. The predicted octanol–water partition coefficient (Wildman–Crippen LogP) is 2.75. The number of benzene rings is 1. The van der Waals surface area contributed by atoms with E-state index in [2.05, 4.69) is 21.2 Å². The molecule has 0 atom stereocenters. The van der Waals surface area contributed by atoms with Crippen LogP contribution in [-0.4, -0.2) is 12.2 Å². The van der Waals surface area contributed by atoms with Gasteiger partial charge in [0, 0.05) is 10.9 Å². The van der Waals surface area contributed by atoms with Crippen LogP contribution < -0.4 is 5.32 Å². The lowest BCUT2D eigenvalue weighted by Gasteiger charge is -2.07. The van der Waals surface area contributed by atoms with Crippen LogP contribution >= 0.6 is 15.9 Å². The fourth-order valence-corrected chi connectivity index (χ4v) is 1.48. The molecule has 0 aromatic heterocycles. The standard InChI is InChI=1S/C10H9BrFNO2/c1-2-10(15)13-9-4-6(11)3-8(12)7(9)5-14/h3-5H,2H2,1H3,(H,13,15). The number of rotatable bonds is 3. The van der Waals surface area contributed by atoms with Crippen molar-refractivity contribution < 1.29 is 14.0 Å². The number of anilines is 1. The van der Waals surface area contributed by atoms with Crippen LogP contribution in [0.4, 0.5) is 10.1 Å². The smallest absolute Gasteiger partial charge is 0.224 e. The SMILES string of the molecule is CCC(=O)Nc1cc(Br)cc(F)c1C=O. The molecule has 0 bridgehead atoms. The summed E-state index contributed by atoms with van der Waals surface area (Å²) in [5, 5.41) is 2.45. The number of hydrogen-bond donors (Lipinski definition) is 1. The van der Waals surface area contributed by atoms with Gasteiger partial charge in [-0.3, -0.25) is 9.59 Å². The first-order valence-corrected chi connectivity index (χ1v) is 5.11. The first-order valence-electron chi connectivity index (χ1n) is 4.32. The van der Waals surface area contributed by atoms with Gasteiger partial charge in [-0.1, -0.05) is 22.9 Å². The van der Waals surface area contributed by atoms with E-state index in [1.807, 2.05) is 0 Å². The molecule has 0 fully saturated rings. The van der Waals surface area contributed by atoms with Gasteiger partial charge < -0.3 is 5.32 Å². The van der Waals surface area contributed by atoms with Gasteiger partial charge in [-0.25, -0.2) is 4.39 Å². The highest BCUT2D eigenvalue weighted by Gasteiger charge is 2.11. The van der Waals surface area contributed by atoms with Gasteiger partial charge in [0.2, 0.25) is 5.91 Å². The third kappa shape index (κ3) is 2.86. The molecule has 0 saturated carbocycles. The summed E-state index contributed by atoms with van der Waals surface area (Å²) in [5.41, 5.74) is 0.0451. The summed E-state index contributed by atoms with van der Waals surface area (Å²) in [6, 6.07) is 2.66.